The lowest BCUT2D eigenvalue weighted by atomic mass is 10.1. The summed E-state index contributed by atoms with van der Waals surface area (Å²) in [5.41, 5.74) is 0.446. The van der Waals surface area contributed by atoms with E-state index in [1.165, 1.54) is 44.0 Å². The second kappa shape index (κ2) is 7.90. The molecule has 2 rings (SSSR count). The van der Waals surface area contributed by atoms with Crippen LogP contribution in [0.15, 0.2) is 29.2 Å². The quantitative estimate of drug-likeness (QED) is 0.759. The van der Waals surface area contributed by atoms with Crippen molar-refractivity contribution in [3.05, 3.63) is 29.8 Å². The van der Waals surface area contributed by atoms with Crippen LogP contribution in [0.3, 0.4) is 0 Å². The number of carbonyl (C=O) groups is 2. The third-order valence-corrected chi connectivity index (χ3v) is 5.83. The van der Waals surface area contributed by atoms with Crippen molar-refractivity contribution < 1.29 is 18.0 Å². The topological polar surface area (TPSA) is 83.5 Å². The third-order valence-electron chi connectivity index (χ3n) is 4.42. The zero-order valence-corrected chi connectivity index (χ0v) is 14.9. The number of likely N-dealkylation sites (N-methyl/N-ethyl adjacent to an activating group) is 1. The number of nitrogens with one attached hydrogen (secondary N) is 1. The van der Waals surface area contributed by atoms with Crippen LogP contribution in [0.25, 0.3) is 0 Å². The number of hydrogen-bond donors (Lipinski definition) is 1. The molecule has 0 saturated heterocycles. The number of Topliss-reactive ketones (excluding diaryl/α,β-unsaturated/α-hetero) is 1. The minimum absolute atomic E-state index is 0.0405. The molecule has 0 atom stereocenters. The molecule has 0 unspecified atom stereocenters. The average molecular weight is 352 g/mol. The lowest BCUT2D eigenvalue weighted by Gasteiger charge is -2.21. The molecule has 132 valence electrons. The van der Waals surface area contributed by atoms with Crippen molar-refractivity contribution in [1.82, 2.24) is 9.62 Å². The summed E-state index contributed by atoms with van der Waals surface area (Å²) in [5, 5.41) is 0. The minimum Gasteiger partial charge on any atom is -0.344 e. The first-order chi connectivity index (χ1) is 11.3. The Morgan fingerprint density at radius 1 is 1.17 bits per heavy atom. The Balaban J connectivity index is 1.91. The molecule has 7 heteroatoms. The van der Waals surface area contributed by atoms with E-state index in [1.54, 1.807) is 11.9 Å². The molecular formula is C17H24N2O4S. The second-order valence-corrected chi connectivity index (χ2v) is 8.10. The molecule has 24 heavy (non-hydrogen) atoms. The molecule has 0 heterocycles. The molecule has 6 nitrogen and oxygen atoms in total. The van der Waals surface area contributed by atoms with Crippen LogP contribution in [0.2, 0.25) is 0 Å². The molecule has 1 aliphatic carbocycles. The molecule has 1 aliphatic rings. The molecule has 0 aliphatic heterocycles. The van der Waals surface area contributed by atoms with E-state index in [2.05, 4.69) is 4.72 Å². The van der Waals surface area contributed by atoms with E-state index in [4.69, 9.17) is 0 Å². The predicted octanol–water partition coefficient (Wildman–Crippen LogP) is 1.82. The lowest BCUT2D eigenvalue weighted by molar-refractivity contribution is -0.129. The van der Waals surface area contributed by atoms with Gasteiger partial charge in [-0.05, 0) is 37.8 Å². The van der Waals surface area contributed by atoms with Crippen molar-refractivity contribution in [1.29, 1.82) is 0 Å². The van der Waals surface area contributed by atoms with Gasteiger partial charge in [0.15, 0.2) is 5.78 Å². The van der Waals surface area contributed by atoms with Crippen molar-refractivity contribution in [2.75, 3.05) is 20.1 Å². The maximum atomic E-state index is 12.2. The van der Waals surface area contributed by atoms with E-state index >= 15 is 0 Å². The monoisotopic (exact) mass is 352 g/mol. The molecule has 1 amide bonds. The Bertz CT molecular complexity index is 692. The van der Waals surface area contributed by atoms with Gasteiger partial charge >= 0.3 is 0 Å². The smallest absolute Gasteiger partial charge is 0.241 e. The Labute approximate surface area is 143 Å². The van der Waals surface area contributed by atoms with Crippen molar-refractivity contribution in [3.8, 4) is 0 Å². The van der Waals surface area contributed by atoms with Gasteiger partial charge in [0, 0.05) is 19.2 Å². The Morgan fingerprint density at radius 2 is 1.75 bits per heavy atom. The Hall–Kier alpha value is -1.73. The van der Waals surface area contributed by atoms with Crippen LogP contribution >= 0.6 is 0 Å². The van der Waals surface area contributed by atoms with Gasteiger partial charge in [-0.25, -0.2) is 13.1 Å². The first kappa shape index (κ1) is 18.6. The Morgan fingerprint density at radius 3 is 2.29 bits per heavy atom. The molecule has 1 aromatic carbocycles. The summed E-state index contributed by atoms with van der Waals surface area (Å²) in [6, 6.07) is 5.66. The highest BCUT2D eigenvalue weighted by atomic mass is 32.2. The van der Waals surface area contributed by atoms with Crippen LogP contribution < -0.4 is 4.72 Å². The third kappa shape index (κ3) is 4.88. The zero-order chi connectivity index (χ0) is 17.7. The number of rotatable bonds is 7. The number of hydrogen-bond acceptors (Lipinski definition) is 4. The molecule has 1 N–H and O–H groups in total. The SMILES string of the molecule is CC(=O)c1ccc(S(=O)(=O)NCC(=O)N(C)CC2CCCC2)cc1. The van der Waals surface area contributed by atoms with Crippen LogP contribution in [-0.4, -0.2) is 45.1 Å². The number of amides is 1. The van der Waals surface area contributed by atoms with E-state index in [1.807, 2.05) is 0 Å². The number of ketones is 1. The van der Waals surface area contributed by atoms with E-state index in [0.717, 1.165) is 12.8 Å². The molecule has 0 spiro atoms. The maximum absolute atomic E-state index is 12.2. The van der Waals surface area contributed by atoms with Gasteiger partial charge in [-0.2, -0.15) is 0 Å². The summed E-state index contributed by atoms with van der Waals surface area (Å²) in [6.07, 6.45) is 4.67. The number of sulfonamides is 1. The molecule has 1 saturated carbocycles. The summed E-state index contributed by atoms with van der Waals surface area (Å²) in [7, 11) is -2.06. The fourth-order valence-corrected chi connectivity index (χ4v) is 3.90. The second-order valence-electron chi connectivity index (χ2n) is 6.33. The maximum Gasteiger partial charge on any atom is 0.241 e. The molecule has 1 aromatic rings. The summed E-state index contributed by atoms with van der Waals surface area (Å²) in [6.45, 7) is 1.83. The lowest BCUT2D eigenvalue weighted by Crippen LogP contribution is -2.39. The van der Waals surface area contributed by atoms with Gasteiger partial charge < -0.3 is 4.90 Å². The minimum atomic E-state index is -3.77. The van der Waals surface area contributed by atoms with E-state index in [0.29, 0.717) is 18.0 Å². The average Bonchev–Trinajstić information content (AvgIpc) is 3.05. The standard InChI is InChI=1S/C17H24N2O4S/c1-13(20)15-7-9-16(10-8-15)24(22,23)18-11-17(21)19(2)12-14-5-3-4-6-14/h7-10,14,18H,3-6,11-12H2,1-2H3. The first-order valence-corrected chi connectivity index (χ1v) is 9.62. The summed E-state index contributed by atoms with van der Waals surface area (Å²) >= 11 is 0. The zero-order valence-electron chi connectivity index (χ0n) is 14.1. The van der Waals surface area contributed by atoms with Gasteiger partial charge in [0.05, 0.1) is 11.4 Å². The highest BCUT2D eigenvalue weighted by Crippen LogP contribution is 2.25. The van der Waals surface area contributed by atoms with Crippen LogP contribution in [0.4, 0.5) is 0 Å². The Kier molecular flexibility index (Phi) is 6.12. The van der Waals surface area contributed by atoms with E-state index in [-0.39, 0.29) is 23.1 Å². The van der Waals surface area contributed by atoms with Gasteiger partial charge in [-0.3, -0.25) is 9.59 Å². The van der Waals surface area contributed by atoms with Gasteiger partial charge in [0.2, 0.25) is 15.9 Å². The fraction of sp³-hybridized carbons (Fsp3) is 0.529. The molecule has 0 bridgehead atoms. The number of carbonyl (C=O) groups excluding carboxylic acids is 2. The largest absolute Gasteiger partial charge is 0.344 e. The van der Waals surface area contributed by atoms with Crippen LogP contribution in [0.1, 0.15) is 43.0 Å². The number of nitrogens with zero attached hydrogens (tertiary/aromatic N) is 1. The predicted molar refractivity (Wildman–Crippen MR) is 91.2 cm³/mol. The van der Waals surface area contributed by atoms with Crippen molar-refractivity contribution in [3.63, 3.8) is 0 Å². The van der Waals surface area contributed by atoms with Crippen LogP contribution in [0.5, 0.6) is 0 Å². The molecule has 1 fully saturated rings. The van der Waals surface area contributed by atoms with Crippen molar-refractivity contribution in [2.24, 2.45) is 5.92 Å². The normalized spacial score (nSPS) is 15.4. The fourth-order valence-electron chi connectivity index (χ4n) is 2.93. The van der Waals surface area contributed by atoms with Gasteiger partial charge in [0.25, 0.3) is 0 Å². The van der Waals surface area contributed by atoms with E-state index in [9.17, 15) is 18.0 Å². The van der Waals surface area contributed by atoms with Gasteiger partial charge in [-0.15, -0.1) is 0 Å². The van der Waals surface area contributed by atoms with Crippen LogP contribution in [-0.2, 0) is 14.8 Å². The van der Waals surface area contributed by atoms with Gasteiger partial charge in [0.1, 0.15) is 0 Å². The summed E-state index contributed by atoms with van der Waals surface area (Å²) in [5.74, 6) is 0.149. The molecular weight excluding hydrogens is 328 g/mol. The highest BCUT2D eigenvalue weighted by molar-refractivity contribution is 7.89. The highest BCUT2D eigenvalue weighted by Gasteiger charge is 2.21. The van der Waals surface area contributed by atoms with Crippen molar-refractivity contribution in [2.45, 2.75) is 37.5 Å². The summed E-state index contributed by atoms with van der Waals surface area (Å²) < 4.78 is 26.8. The molecule has 0 radical (unpaired) electrons. The van der Waals surface area contributed by atoms with Crippen molar-refractivity contribution >= 4 is 21.7 Å². The molecule has 0 aromatic heterocycles. The van der Waals surface area contributed by atoms with Crippen LogP contribution in [0, 0.1) is 5.92 Å². The van der Waals surface area contributed by atoms with E-state index < -0.39 is 10.0 Å². The summed E-state index contributed by atoms with van der Waals surface area (Å²) in [4.78, 5) is 25.0. The first-order valence-electron chi connectivity index (χ1n) is 8.14. The van der Waals surface area contributed by atoms with Gasteiger partial charge in [-0.1, -0.05) is 25.0 Å². The number of benzene rings is 1.